The lowest BCUT2D eigenvalue weighted by Crippen LogP contribution is -2.29. The number of aliphatic hydroxyl groups excluding tert-OH is 2. The van der Waals surface area contributed by atoms with E-state index < -0.39 is 23.9 Å². The Kier molecular flexibility index (Phi) is 10.1. The Labute approximate surface area is 196 Å². The molecule has 2 heterocycles. The lowest BCUT2D eigenvalue weighted by Gasteiger charge is -2.36. The fourth-order valence-corrected chi connectivity index (χ4v) is 4.22. The lowest BCUT2D eigenvalue weighted by molar-refractivity contribution is -0.137. The quantitative estimate of drug-likeness (QED) is 0.506. The van der Waals surface area contributed by atoms with E-state index >= 15 is 0 Å². The zero-order valence-electron chi connectivity index (χ0n) is 21.3. The molecule has 0 spiro atoms. The van der Waals surface area contributed by atoms with E-state index in [4.69, 9.17) is 4.98 Å². The van der Waals surface area contributed by atoms with Gasteiger partial charge in [-0.15, -0.1) is 0 Å². The summed E-state index contributed by atoms with van der Waals surface area (Å²) in [4.78, 5) is 8.65. The molecule has 2 aromatic heterocycles. The van der Waals surface area contributed by atoms with Gasteiger partial charge in [-0.05, 0) is 48.8 Å². The second-order valence-electron chi connectivity index (χ2n) is 8.98. The van der Waals surface area contributed by atoms with Crippen LogP contribution in [0, 0.1) is 12.3 Å². The first kappa shape index (κ1) is 29.0. The summed E-state index contributed by atoms with van der Waals surface area (Å²) in [5, 5.41) is 21.8. The number of nitrogens with zero attached hydrogens (tertiary/aromatic N) is 2. The minimum absolute atomic E-state index is 0.0136. The van der Waals surface area contributed by atoms with Crippen molar-refractivity contribution in [1.82, 2.24) is 9.97 Å². The summed E-state index contributed by atoms with van der Waals surface area (Å²) >= 11 is 0. The monoisotopic (exact) mass is 468 g/mol. The van der Waals surface area contributed by atoms with Gasteiger partial charge in [0.05, 0.1) is 17.4 Å². The average molecular weight is 469 g/mol. The molecular weight excluding hydrogens is 429 g/mol. The molecule has 2 aromatic rings. The van der Waals surface area contributed by atoms with Crippen LogP contribution < -0.4 is 0 Å². The van der Waals surface area contributed by atoms with Crippen LogP contribution in [-0.2, 0) is 12.6 Å². The van der Waals surface area contributed by atoms with Crippen molar-refractivity contribution in [3.8, 4) is 0 Å². The fourth-order valence-electron chi connectivity index (χ4n) is 4.22. The summed E-state index contributed by atoms with van der Waals surface area (Å²) < 4.78 is 38.5. The van der Waals surface area contributed by atoms with Crippen molar-refractivity contribution in [2.24, 2.45) is 5.41 Å². The SMILES string of the molecule is CC.CC.Cc1c2c(nc(C(C)C)c1C(O)c1ccc(C(F)(F)F)cn1)CC(C)(C)CC2O. The third-order valence-corrected chi connectivity index (χ3v) is 5.59. The molecule has 7 heteroatoms. The van der Waals surface area contributed by atoms with E-state index in [9.17, 15) is 23.4 Å². The summed E-state index contributed by atoms with van der Waals surface area (Å²) in [6, 6.07) is 2.11. The minimum atomic E-state index is -4.49. The molecule has 0 fully saturated rings. The molecule has 2 unspecified atom stereocenters. The molecule has 0 saturated heterocycles. The van der Waals surface area contributed by atoms with Gasteiger partial charge in [0.2, 0.25) is 0 Å². The zero-order valence-corrected chi connectivity index (χ0v) is 21.3. The fraction of sp³-hybridized carbons (Fsp3) is 0.615. The molecule has 0 aromatic carbocycles. The molecule has 2 atom stereocenters. The molecular formula is C26H39F3N2O2. The van der Waals surface area contributed by atoms with E-state index in [1.54, 1.807) is 0 Å². The molecule has 3 rings (SSSR count). The summed E-state index contributed by atoms with van der Waals surface area (Å²) in [5.41, 5.74) is 2.64. The normalized spacial score (nSPS) is 17.8. The first-order valence-corrected chi connectivity index (χ1v) is 11.7. The third-order valence-electron chi connectivity index (χ3n) is 5.59. The molecule has 33 heavy (non-hydrogen) atoms. The number of halogens is 3. The predicted octanol–water partition coefficient (Wildman–Crippen LogP) is 7.07. The van der Waals surface area contributed by atoms with E-state index in [0.717, 1.165) is 35.5 Å². The van der Waals surface area contributed by atoms with Crippen LogP contribution in [0.4, 0.5) is 13.2 Å². The van der Waals surface area contributed by atoms with Crippen molar-refractivity contribution in [3.05, 3.63) is 57.7 Å². The highest BCUT2D eigenvalue weighted by Gasteiger charge is 2.36. The third kappa shape index (κ3) is 6.54. The van der Waals surface area contributed by atoms with Crippen molar-refractivity contribution < 1.29 is 23.4 Å². The number of alkyl halides is 3. The van der Waals surface area contributed by atoms with Gasteiger partial charge in [0.15, 0.2) is 0 Å². The van der Waals surface area contributed by atoms with E-state index in [2.05, 4.69) is 18.8 Å². The molecule has 1 aliphatic carbocycles. The van der Waals surface area contributed by atoms with E-state index in [1.807, 2.05) is 48.5 Å². The summed E-state index contributed by atoms with van der Waals surface area (Å²) in [6.07, 6.45) is -4.39. The maximum atomic E-state index is 12.8. The lowest BCUT2D eigenvalue weighted by atomic mass is 9.72. The standard InChI is InChI=1S/C22H27F3N2O2.2C2H6/c1-11(2)19-18(20(29)14-7-6-13(10-26-14)22(23,24)25)12(3)17-15(27-19)8-21(4,5)9-16(17)28;2*1-2/h6-7,10-11,16,20,28-29H,8-9H2,1-5H3;2*1-2H3. The molecule has 186 valence electrons. The highest BCUT2D eigenvalue weighted by atomic mass is 19.4. The van der Waals surface area contributed by atoms with Gasteiger partial charge in [0.1, 0.15) is 6.10 Å². The number of aliphatic hydroxyl groups is 2. The molecule has 4 nitrogen and oxygen atoms in total. The molecule has 0 radical (unpaired) electrons. The van der Waals surface area contributed by atoms with Crippen molar-refractivity contribution in [3.63, 3.8) is 0 Å². The van der Waals surface area contributed by atoms with Crippen LogP contribution in [0.5, 0.6) is 0 Å². The molecule has 0 amide bonds. The second-order valence-corrected chi connectivity index (χ2v) is 8.98. The minimum Gasteiger partial charge on any atom is -0.388 e. The van der Waals surface area contributed by atoms with E-state index in [0.29, 0.717) is 17.7 Å². The Morgan fingerprint density at radius 3 is 2.12 bits per heavy atom. The van der Waals surface area contributed by atoms with Crippen molar-refractivity contribution in [2.75, 3.05) is 0 Å². The van der Waals surface area contributed by atoms with Gasteiger partial charge in [0, 0.05) is 28.7 Å². The van der Waals surface area contributed by atoms with Crippen molar-refractivity contribution in [1.29, 1.82) is 0 Å². The molecule has 2 N–H and O–H groups in total. The Morgan fingerprint density at radius 1 is 1.09 bits per heavy atom. The van der Waals surface area contributed by atoms with Gasteiger partial charge in [-0.1, -0.05) is 55.4 Å². The smallest absolute Gasteiger partial charge is 0.388 e. The largest absolute Gasteiger partial charge is 0.417 e. The molecule has 0 bridgehead atoms. The van der Waals surface area contributed by atoms with Crippen LogP contribution in [0.25, 0.3) is 0 Å². The Hall–Kier alpha value is -1.99. The van der Waals surface area contributed by atoms with Gasteiger partial charge in [0.25, 0.3) is 0 Å². The number of rotatable bonds is 3. The average Bonchev–Trinajstić information content (AvgIpc) is 2.74. The summed E-state index contributed by atoms with van der Waals surface area (Å²) in [6.45, 7) is 17.9. The number of hydrogen-bond acceptors (Lipinski definition) is 4. The maximum Gasteiger partial charge on any atom is 0.417 e. The van der Waals surface area contributed by atoms with Crippen LogP contribution >= 0.6 is 0 Å². The van der Waals surface area contributed by atoms with Crippen LogP contribution in [-0.4, -0.2) is 20.2 Å². The Morgan fingerprint density at radius 2 is 1.67 bits per heavy atom. The van der Waals surface area contributed by atoms with Crippen LogP contribution in [0.15, 0.2) is 18.3 Å². The van der Waals surface area contributed by atoms with Gasteiger partial charge in [-0.25, -0.2) is 0 Å². The first-order chi connectivity index (χ1) is 15.3. The van der Waals surface area contributed by atoms with E-state index in [-0.39, 0.29) is 17.0 Å². The van der Waals surface area contributed by atoms with Crippen LogP contribution in [0.3, 0.4) is 0 Å². The zero-order chi connectivity index (χ0) is 25.7. The van der Waals surface area contributed by atoms with Gasteiger partial charge in [-0.3, -0.25) is 9.97 Å². The van der Waals surface area contributed by atoms with Crippen molar-refractivity contribution >= 4 is 0 Å². The number of pyridine rings is 2. The topological polar surface area (TPSA) is 66.2 Å². The summed E-state index contributed by atoms with van der Waals surface area (Å²) in [5.74, 6) is -0.0136. The highest BCUT2D eigenvalue weighted by molar-refractivity contribution is 5.47. The predicted molar refractivity (Wildman–Crippen MR) is 126 cm³/mol. The second kappa shape index (κ2) is 11.4. The van der Waals surface area contributed by atoms with Gasteiger partial charge < -0.3 is 10.2 Å². The number of aromatic nitrogens is 2. The Bertz CT molecular complexity index is 907. The highest BCUT2D eigenvalue weighted by Crippen LogP contribution is 2.44. The van der Waals surface area contributed by atoms with Crippen molar-refractivity contribution in [2.45, 2.75) is 99.5 Å². The van der Waals surface area contributed by atoms with Crippen LogP contribution in [0.1, 0.15) is 119 Å². The van der Waals surface area contributed by atoms with Gasteiger partial charge >= 0.3 is 6.18 Å². The molecule has 1 aliphatic rings. The molecule has 0 aliphatic heterocycles. The van der Waals surface area contributed by atoms with Crippen LogP contribution in [0.2, 0.25) is 0 Å². The van der Waals surface area contributed by atoms with E-state index in [1.165, 1.54) is 6.07 Å². The number of fused-ring (bicyclic) bond motifs is 1. The molecule has 0 saturated carbocycles. The number of hydrogen-bond donors (Lipinski definition) is 2. The van der Waals surface area contributed by atoms with Gasteiger partial charge in [-0.2, -0.15) is 13.2 Å². The Balaban J connectivity index is 0.00000129. The maximum absolute atomic E-state index is 12.8. The summed E-state index contributed by atoms with van der Waals surface area (Å²) in [7, 11) is 0. The first-order valence-electron chi connectivity index (χ1n) is 11.7.